The highest BCUT2D eigenvalue weighted by molar-refractivity contribution is 5.73. The number of hydrazine groups is 2. The van der Waals surface area contributed by atoms with Crippen LogP contribution in [-0.2, 0) is 0 Å². The topological polar surface area (TPSA) is 84.4 Å². The lowest BCUT2D eigenvalue weighted by atomic mass is 9.95. The van der Waals surface area contributed by atoms with Crippen molar-refractivity contribution in [3.63, 3.8) is 0 Å². The Hall–Kier alpha value is -0.810. The maximum atomic E-state index is 11.0. The summed E-state index contributed by atoms with van der Waals surface area (Å²) < 4.78 is 0. The van der Waals surface area contributed by atoms with Gasteiger partial charge in [0.1, 0.15) is 0 Å². The molecule has 0 aromatic heterocycles. The van der Waals surface area contributed by atoms with E-state index in [-0.39, 0.29) is 6.04 Å². The second-order valence-corrected chi connectivity index (χ2v) is 2.97. The molecule has 5 heteroatoms. The summed E-state index contributed by atoms with van der Waals surface area (Å²) >= 11 is 0. The predicted octanol–water partition coefficient (Wildman–Crippen LogP) is -0.108. The summed E-state index contributed by atoms with van der Waals surface area (Å²) in [4.78, 5) is 11.0. The third kappa shape index (κ3) is 2.09. The van der Waals surface area contributed by atoms with Crippen molar-refractivity contribution < 1.29 is 4.79 Å². The van der Waals surface area contributed by atoms with E-state index in [9.17, 15) is 4.79 Å². The quantitative estimate of drug-likeness (QED) is 0.292. The largest absolute Gasteiger partial charge is 0.345 e. The zero-order valence-corrected chi connectivity index (χ0v) is 6.99. The van der Waals surface area contributed by atoms with E-state index in [0.29, 0.717) is 0 Å². The van der Waals surface area contributed by atoms with Crippen molar-refractivity contribution in [2.75, 3.05) is 0 Å². The van der Waals surface area contributed by atoms with Gasteiger partial charge in [0.2, 0.25) is 0 Å². The molecule has 1 saturated carbocycles. The van der Waals surface area contributed by atoms with Crippen LogP contribution in [0.2, 0.25) is 0 Å². The molecule has 0 aromatic rings. The van der Waals surface area contributed by atoms with Gasteiger partial charge in [-0.15, -0.1) is 0 Å². The predicted molar refractivity (Wildman–Crippen MR) is 45.3 cm³/mol. The molecule has 0 bridgehead atoms. The summed E-state index contributed by atoms with van der Waals surface area (Å²) in [6, 6.07) is -0.308. The summed E-state index contributed by atoms with van der Waals surface area (Å²) in [6.45, 7) is 0. The Morgan fingerprint density at radius 2 is 2.42 bits per heavy atom. The molecule has 0 aromatic carbocycles. The van der Waals surface area contributed by atoms with Crippen molar-refractivity contribution >= 4 is 6.03 Å². The van der Waals surface area contributed by atoms with Gasteiger partial charge >= 0.3 is 6.03 Å². The Labute approximate surface area is 72.0 Å². The van der Waals surface area contributed by atoms with Gasteiger partial charge in [-0.05, 0) is 19.3 Å². The fraction of sp³-hybridized carbons (Fsp3) is 0.714. The smallest absolute Gasteiger partial charge is 0.275 e. The molecular formula is C7H15N4O. The second kappa shape index (κ2) is 4.27. The molecule has 0 spiro atoms. The van der Waals surface area contributed by atoms with E-state index in [2.05, 4.69) is 6.42 Å². The maximum absolute atomic E-state index is 11.0. The van der Waals surface area contributed by atoms with Gasteiger partial charge in [-0.25, -0.2) is 16.5 Å². The first-order chi connectivity index (χ1) is 5.75. The van der Waals surface area contributed by atoms with Gasteiger partial charge in [0.15, 0.2) is 0 Å². The van der Waals surface area contributed by atoms with Crippen molar-refractivity contribution in [1.82, 2.24) is 10.4 Å². The van der Waals surface area contributed by atoms with Gasteiger partial charge in [0, 0.05) is 0 Å². The number of nitrogens with zero attached hydrogens (tertiary/aromatic N) is 1. The highest BCUT2D eigenvalue weighted by Crippen LogP contribution is 2.19. The molecule has 0 aliphatic heterocycles. The Morgan fingerprint density at radius 1 is 1.67 bits per heavy atom. The van der Waals surface area contributed by atoms with Gasteiger partial charge in [-0.3, -0.25) is 10.4 Å². The summed E-state index contributed by atoms with van der Waals surface area (Å²) in [5.74, 6) is 10.5. The van der Waals surface area contributed by atoms with E-state index >= 15 is 0 Å². The van der Waals surface area contributed by atoms with Crippen LogP contribution in [0.5, 0.6) is 0 Å². The molecule has 5 N–H and O–H groups in total. The number of urea groups is 1. The molecule has 1 fully saturated rings. The van der Waals surface area contributed by atoms with Crippen molar-refractivity contribution in [1.29, 1.82) is 0 Å². The van der Waals surface area contributed by atoms with E-state index < -0.39 is 6.03 Å². The Bertz CT molecular complexity index is 155. The number of nitrogens with one attached hydrogen (secondary N) is 1. The van der Waals surface area contributed by atoms with E-state index in [1.165, 1.54) is 5.01 Å². The molecule has 2 amide bonds. The Morgan fingerprint density at radius 3 is 2.92 bits per heavy atom. The van der Waals surface area contributed by atoms with Crippen molar-refractivity contribution in [3.8, 4) is 0 Å². The Balaban J connectivity index is 2.39. The van der Waals surface area contributed by atoms with E-state index in [4.69, 9.17) is 11.7 Å². The number of amides is 2. The average Bonchev–Trinajstić information content (AvgIpc) is 2.17. The van der Waals surface area contributed by atoms with Crippen LogP contribution in [0.4, 0.5) is 4.79 Å². The van der Waals surface area contributed by atoms with Crippen molar-refractivity contribution in [2.24, 2.45) is 11.7 Å². The number of carbonyl (C=O) groups is 1. The van der Waals surface area contributed by atoms with Gasteiger partial charge in [-0.2, -0.15) is 0 Å². The van der Waals surface area contributed by atoms with Crippen LogP contribution in [0.3, 0.4) is 0 Å². The maximum Gasteiger partial charge on any atom is 0.345 e. The lowest BCUT2D eigenvalue weighted by molar-refractivity contribution is 0.164. The lowest BCUT2D eigenvalue weighted by Gasteiger charge is -2.29. The third-order valence-electron chi connectivity index (χ3n) is 2.14. The molecule has 5 nitrogen and oxygen atoms in total. The SMILES string of the molecule is NNC(=O)N(N)C1C[CH]CCC1. The molecule has 0 saturated heterocycles. The highest BCUT2D eigenvalue weighted by Gasteiger charge is 2.21. The zero-order valence-electron chi connectivity index (χ0n) is 6.99. The number of hydrogen-bond acceptors (Lipinski definition) is 3. The average molecular weight is 171 g/mol. The minimum atomic E-state index is -0.421. The van der Waals surface area contributed by atoms with Gasteiger partial charge in [-0.1, -0.05) is 12.8 Å². The van der Waals surface area contributed by atoms with Crippen molar-refractivity contribution in [3.05, 3.63) is 6.42 Å². The number of rotatable bonds is 1. The van der Waals surface area contributed by atoms with Gasteiger partial charge < -0.3 is 0 Å². The molecular weight excluding hydrogens is 156 g/mol. The fourth-order valence-electron chi connectivity index (χ4n) is 1.42. The lowest BCUT2D eigenvalue weighted by Crippen LogP contribution is -2.53. The molecule has 1 atom stereocenters. The molecule has 1 rings (SSSR count). The summed E-state index contributed by atoms with van der Waals surface area (Å²) in [7, 11) is 0. The first-order valence-electron chi connectivity index (χ1n) is 4.12. The van der Waals surface area contributed by atoms with E-state index in [0.717, 1.165) is 25.7 Å². The minimum Gasteiger partial charge on any atom is -0.275 e. The second-order valence-electron chi connectivity index (χ2n) is 2.97. The number of nitrogens with two attached hydrogens (primary N) is 2. The van der Waals surface area contributed by atoms with Gasteiger partial charge in [0.05, 0.1) is 6.04 Å². The van der Waals surface area contributed by atoms with Crippen LogP contribution < -0.4 is 17.1 Å². The summed E-state index contributed by atoms with van der Waals surface area (Å²) in [5.41, 5.74) is 2.01. The zero-order chi connectivity index (χ0) is 8.97. The number of carbonyl (C=O) groups excluding carboxylic acids is 1. The first-order valence-corrected chi connectivity index (χ1v) is 4.12. The molecule has 1 radical (unpaired) electrons. The van der Waals surface area contributed by atoms with Crippen LogP contribution >= 0.6 is 0 Å². The molecule has 1 aliphatic rings. The summed E-state index contributed by atoms with van der Waals surface area (Å²) in [5, 5.41) is 1.18. The van der Waals surface area contributed by atoms with Crippen LogP contribution in [-0.4, -0.2) is 17.1 Å². The normalized spacial score (nSPS) is 18.8. The fourth-order valence-corrected chi connectivity index (χ4v) is 1.42. The standard InChI is InChI=1S/C7H15N4O/c8-10-7(12)11(9)6-4-2-1-3-5-6/h2,6H,1,3-5,8-9H2,(H,10,12). The van der Waals surface area contributed by atoms with E-state index in [1.54, 1.807) is 0 Å². The third-order valence-corrected chi connectivity index (χ3v) is 2.14. The van der Waals surface area contributed by atoms with Crippen LogP contribution in [0.1, 0.15) is 25.7 Å². The highest BCUT2D eigenvalue weighted by atomic mass is 16.2. The van der Waals surface area contributed by atoms with E-state index in [1.807, 2.05) is 5.43 Å². The Kier molecular flexibility index (Phi) is 3.31. The molecule has 12 heavy (non-hydrogen) atoms. The van der Waals surface area contributed by atoms with Crippen LogP contribution in [0, 0.1) is 6.42 Å². The van der Waals surface area contributed by atoms with Crippen LogP contribution in [0.15, 0.2) is 0 Å². The number of hydrogen-bond donors (Lipinski definition) is 3. The molecule has 1 aliphatic carbocycles. The first kappa shape index (κ1) is 9.28. The monoisotopic (exact) mass is 171 g/mol. The van der Waals surface area contributed by atoms with Crippen molar-refractivity contribution in [2.45, 2.75) is 31.7 Å². The molecule has 1 unspecified atom stereocenters. The summed E-state index contributed by atoms with van der Waals surface area (Å²) in [6.07, 6.45) is 6.19. The molecule has 0 heterocycles. The molecule has 69 valence electrons. The van der Waals surface area contributed by atoms with Gasteiger partial charge in [0.25, 0.3) is 0 Å². The minimum absolute atomic E-state index is 0.113. The van der Waals surface area contributed by atoms with Crippen LogP contribution in [0.25, 0.3) is 0 Å².